The zero-order valence-corrected chi connectivity index (χ0v) is 20.1. The van der Waals surface area contributed by atoms with E-state index in [-0.39, 0.29) is 17.9 Å². The third kappa shape index (κ3) is 5.02. The quantitative estimate of drug-likeness (QED) is 0.511. The van der Waals surface area contributed by atoms with Gasteiger partial charge in [-0.2, -0.15) is 13.2 Å². The fourth-order valence-electron chi connectivity index (χ4n) is 4.49. The molecule has 4 rings (SSSR count). The van der Waals surface area contributed by atoms with Crippen molar-refractivity contribution in [2.24, 2.45) is 11.8 Å². The van der Waals surface area contributed by atoms with Gasteiger partial charge in [-0.15, -0.1) is 0 Å². The van der Waals surface area contributed by atoms with Gasteiger partial charge in [0, 0.05) is 23.5 Å². The first-order chi connectivity index (χ1) is 16.0. The highest BCUT2D eigenvalue weighted by atomic mass is 32.2. The van der Waals surface area contributed by atoms with E-state index in [1.165, 1.54) is 35.2 Å². The van der Waals surface area contributed by atoms with Crippen LogP contribution in [0.15, 0.2) is 52.3 Å². The molecule has 180 valence electrons. The van der Waals surface area contributed by atoms with Gasteiger partial charge in [-0.3, -0.25) is 9.59 Å². The van der Waals surface area contributed by atoms with Crippen molar-refractivity contribution in [1.82, 2.24) is 5.32 Å². The number of likely N-dealkylation sites (N-methyl/N-ethyl adjacent to an activating group) is 1. The van der Waals surface area contributed by atoms with E-state index in [4.69, 9.17) is 0 Å². The van der Waals surface area contributed by atoms with Gasteiger partial charge in [0.25, 0.3) is 11.8 Å². The van der Waals surface area contributed by atoms with Crippen molar-refractivity contribution >= 4 is 35.3 Å². The summed E-state index contributed by atoms with van der Waals surface area (Å²) in [6.07, 6.45) is 0.423. The summed E-state index contributed by atoms with van der Waals surface area (Å²) < 4.78 is 38.4. The van der Waals surface area contributed by atoms with Gasteiger partial charge in [-0.1, -0.05) is 50.6 Å². The second-order valence-corrected chi connectivity index (χ2v) is 10.2. The first-order valence-corrected chi connectivity index (χ1v) is 12.2. The Balaban J connectivity index is 1.53. The molecule has 4 nitrogen and oxygen atoms in total. The number of alkyl halides is 3. The highest BCUT2D eigenvalue weighted by Gasteiger charge is 2.31. The van der Waals surface area contributed by atoms with Crippen LogP contribution in [0.3, 0.4) is 0 Å². The molecule has 0 saturated heterocycles. The molecular formula is C26H27F3N2O2S. The number of rotatable bonds is 3. The lowest BCUT2D eigenvalue weighted by atomic mass is 9.78. The number of amides is 2. The van der Waals surface area contributed by atoms with E-state index in [0.717, 1.165) is 29.9 Å². The number of carbonyl (C=O) groups is 2. The molecule has 0 bridgehead atoms. The molecule has 34 heavy (non-hydrogen) atoms. The monoisotopic (exact) mass is 488 g/mol. The summed E-state index contributed by atoms with van der Waals surface area (Å²) in [6.45, 7) is 4.39. The van der Waals surface area contributed by atoms with Crippen molar-refractivity contribution in [2.45, 2.75) is 50.2 Å². The van der Waals surface area contributed by atoms with Crippen LogP contribution in [-0.4, -0.2) is 24.9 Å². The molecule has 2 amide bonds. The van der Waals surface area contributed by atoms with Crippen LogP contribution in [0.1, 0.15) is 54.6 Å². The molecule has 2 aromatic rings. The van der Waals surface area contributed by atoms with Gasteiger partial charge in [0.05, 0.1) is 16.2 Å². The van der Waals surface area contributed by atoms with E-state index in [1.54, 1.807) is 25.3 Å². The summed E-state index contributed by atoms with van der Waals surface area (Å²) >= 11 is 1.25. The molecule has 0 spiro atoms. The Kier molecular flexibility index (Phi) is 6.80. The molecule has 8 heteroatoms. The summed E-state index contributed by atoms with van der Waals surface area (Å²) in [6, 6.07) is 10.1. The van der Waals surface area contributed by atoms with E-state index in [0.29, 0.717) is 33.6 Å². The maximum Gasteiger partial charge on any atom is 0.416 e. The molecule has 0 radical (unpaired) electrons. The minimum Gasteiger partial charge on any atom is -0.349 e. The fraction of sp³-hybridized carbons (Fsp3) is 0.385. The van der Waals surface area contributed by atoms with Crippen LogP contribution < -0.4 is 10.2 Å². The smallest absolute Gasteiger partial charge is 0.349 e. The molecule has 2 aromatic carbocycles. The number of benzene rings is 2. The van der Waals surface area contributed by atoms with Crippen molar-refractivity contribution < 1.29 is 22.8 Å². The Labute approximate surface area is 201 Å². The number of nitrogens with one attached hydrogen (secondary N) is 1. The minimum atomic E-state index is -4.41. The van der Waals surface area contributed by atoms with Crippen LogP contribution in [0.4, 0.5) is 18.9 Å². The van der Waals surface area contributed by atoms with E-state index < -0.39 is 11.7 Å². The second kappa shape index (κ2) is 9.49. The molecule has 1 saturated carbocycles. The summed E-state index contributed by atoms with van der Waals surface area (Å²) in [5.41, 5.74) is 0.909. The number of hydrogen-bond acceptors (Lipinski definition) is 3. The average molecular weight is 489 g/mol. The van der Waals surface area contributed by atoms with Crippen LogP contribution in [0, 0.1) is 11.8 Å². The summed E-state index contributed by atoms with van der Waals surface area (Å²) in [7, 11) is 1.63. The molecule has 1 aliphatic heterocycles. The third-order valence-electron chi connectivity index (χ3n) is 6.88. The van der Waals surface area contributed by atoms with Gasteiger partial charge in [0.2, 0.25) is 0 Å². The Hall–Kier alpha value is -2.74. The summed E-state index contributed by atoms with van der Waals surface area (Å²) in [4.78, 5) is 28.6. The lowest BCUT2D eigenvalue weighted by molar-refractivity contribution is -0.137. The van der Waals surface area contributed by atoms with Gasteiger partial charge < -0.3 is 10.2 Å². The molecule has 3 unspecified atom stereocenters. The highest BCUT2D eigenvalue weighted by molar-refractivity contribution is 8.04. The van der Waals surface area contributed by atoms with Gasteiger partial charge in [0.1, 0.15) is 0 Å². The Morgan fingerprint density at radius 2 is 1.82 bits per heavy atom. The predicted molar refractivity (Wildman–Crippen MR) is 129 cm³/mol. The lowest BCUT2D eigenvalue weighted by Gasteiger charge is -2.34. The zero-order chi connectivity index (χ0) is 24.6. The van der Waals surface area contributed by atoms with E-state index in [1.807, 2.05) is 6.07 Å². The topological polar surface area (TPSA) is 49.4 Å². The van der Waals surface area contributed by atoms with Crippen molar-refractivity contribution in [2.75, 3.05) is 11.9 Å². The number of carbonyl (C=O) groups excluding carboxylic acids is 2. The number of anilines is 1. The number of hydrogen-bond donors (Lipinski definition) is 1. The van der Waals surface area contributed by atoms with E-state index in [9.17, 15) is 22.8 Å². The molecule has 1 N–H and O–H groups in total. The van der Waals surface area contributed by atoms with Crippen LogP contribution in [0.5, 0.6) is 0 Å². The van der Waals surface area contributed by atoms with Gasteiger partial charge in [0.15, 0.2) is 0 Å². The van der Waals surface area contributed by atoms with Gasteiger partial charge in [-0.25, -0.2) is 0 Å². The molecule has 0 aromatic heterocycles. The van der Waals surface area contributed by atoms with Crippen molar-refractivity contribution in [3.05, 3.63) is 64.1 Å². The van der Waals surface area contributed by atoms with Gasteiger partial charge >= 0.3 is 6.18 Å². The molecule has 2 aliphatic rings. The van der Waals surface area contributed by atoms with Crippen LogP contribution in [-0.2, 0) is 11.0 Å². The zero-order valence-electron chi connectivity index (χ0n) is 19.3. The number of thioether (sulfide) groups is 1. The van der Waals surface area contributed by atoms with Crippen molar-refractivity contribution in [3.63, 3.8) is 0 Å². The molecule has 1 fully saturated rings. The largest absolute Gasteiger partial charge is 0.416 e. The standard InChI is InChI=1S/C26H27F3N2O2S/c1-15-5-4-6-20(16(15)2)30-24(32)18-9-12-22-21(14-18)31(3)25(33)23(34-22)13-17-7-10-19(11-8-17)26(27,28)29/h7-16,20H,4-6H2,1-3H3,(H,30,32)/b23-13-. The first kappa shape index (κ1) is 24.4. The molecule has 1 aliphatic carbocycles. The Morgan fingerprint density at radius 3 is 2.50 bits per heavy atom. The highest BCUT2D eigenvalue weighted by Crippen LogP contribution is 2.42. The Morgan fingerprint density at radius 1 is 1.12 bits per heavy atom. The lowest BCUT2D eigenvalue weighted by Crippen LogP contribution is -2.43. The summed E-state index contributed by atoms with van der Waals surface area (Å²) in [5, 5.41) is 3.16. The van der Waals surface area contributed by atoms with Gasteiger partial charge in [-0.05, 0) is 60.2 Å². The third-order valence-corrected chi connectivity index (χ3v) is 7.95. The first-order valence-electron chi connectivity index (χ1n) is 11.3. The van der Waals surface area contributed by atoms with E-state index >= 15 is 0 Å². The van der Waals surface area contributed by atoms with Crippen molar-refractivity contribution in [1.29, 1.82) is 0 Å². The fourth-order valence-corrected chi connectivity index (χ4v) is 5.58. The van der Waals surface area contributed by atoms with Crippen LogP contribution in [0.2, 0.25) is 0 Å². The molecular weight excluding hydrogens is 461 g/mol. The maximum absolute atomic E-state index is 13.0. The minimum absolute atomic E-state index is 0.138. The number of nitrogens with zero attached hydrogens (tertiary/aromatic N) is 1. The second-order valence-electron chi connectivity index (χ2n) is 9.12. The SMILES string of the molecule is CC1CCCC(NC(=O)c2ccc3c(c2)N(C)C(=O)/C(=C/c2ccc(C(F)(F)F)cc2)S3)C1C. The normalized spacial score (nSPS) is 24.2. The van der Waals surface area contributed by atoms with Crippen molar-refractivity contribution in [3.8, 4) is 0 Å². The average Bonchev–Trinajstić information content (AvgIpc) is 2.80. The predicted octanol–water partition coefficient (Wildman–Crippen LogP) is 6.37. The number of fused-ring (bicyclic) bond motifs is 1. The molecule has 1 heterocycles. The van der Waals surface area contributed by atoms with Crippen LogP contribution >= 0.6 is 11.8 Å². The van der Waals surface area contributed by atoms with E-state index in [2.05, 4.69) is 19.2 Å². The summed E-state index contributed by atoms with van der Waals surface area (Å²) in [5.74, 6) is 0.556. The maximum atomic E-state index is 13.0. The Bertz CT molecular complexity index is 1130. The molecule has 3 atom stereocenters. The van der Waals surface area contributed by atoms with Crippen LogP contribution in [0.25, 0.3) is 6.08 Å². The number of halogens is 3.